The van der Waals surface area contributed by atoms with Gasteiger partial charge in [-0.15, -0.1) is 0 Å². The van der Waals surface area contributed by atoms with Crippen molar-refractivity contribution in [1.82, 2.24) is 9.97 Å². The molecular weight excluding hydrogens is 230 g/mol. The van der Waals surface area contributed by atoms with Crippen LogP contribution < -0.4 is 5.32 Å². The second-order valence-electron chi connectivity index (χ2n) is 3.85. The van der Waals surface area contributed by atoms with Gasteiger partial charge < -0.3 is 10.4 Å². The van der Waals surface area contributed by atoms with Gasteiger partial charge in [-0.1, -0.05) is 30.3 Å². The van der Waals surface area contributed by atoms with E-state index >= 15 is 0 Å². The van der Waals surface area contributed by atoms with Crippen molar-refractivity contribution < 1.29 is 9.90 Å². The van der Waals surface area contributed by atoms with E-state index in [4.69, 9.17) is 0 Å². The SMILES string of the molecule is O=C(O)C(Cc1ccccc1)Nc1cncnc1. The van der Waals surface area contributed by atoms with Crippen molar-refractivity contribution >= 4 is 11.7 Å². The van der Waals surface area contributed by atoms with E-state index in [1.54, 1.807) is 12.4 Å². The molecule has 5 heteroatoms. The first-order valence-electron chi connectivity index (χ1n) is 5.54. The van der Waals surface area contributed by atoms with Gasteiger partial charge >= 0.3 is 5.97 Å². The van der Waals surface area contributed by atoms with Gasteiger partial charge in [-0.2, -0.15) is 0 Å². The Balaban J connectivity index is 2.08. The molecule has 92 valence electrons. The van der Waals surface area contributed by atoms with Crippen LogP contribution in [0.3, 0.4) is 0 Å². The lowest BCUT2D eigenvalue weighted by molar-refractivity contribution is -0.137. The number of carbonyl (C=O) groups is 1. The maximum Gasteiger partial charge on any atom is 0.326 e. The summed E-state index contributed by atoms with van der Waals surface area (Å²) >= 11 is 0. The third-order valence-electron chi connectivity index (χ3n) is 2.48. The van der Waals surface area contributed by atoms with Crippen LogP contribution in [0.25, 0.3) is 0 Å². The predicted octanol–water partition coefficient (Wildman–Crippen LogP) is 1.58. The Hall–Kier alpha value is -2.43. The number of aromatic nitrogens is 2. The zero-order valence-corrected chi connectivity index (χ0v) is 9.65. The second kappa shape index (κ2) is 5.77. The number of nitrogens with one attached hydrogen (secondary N) is 1. The van der Waals surface area contributed by atoms with Crippen LogP contribution in [0.4, 0.5) is 5.69 Å². The van der Waals surface area contributed by atoms with Crippen molar-refractivity contribution in [2.75, 3.05) is 5.32 Å². The third kappa shape index (κ3) is 3.28. The fourth-order valence-corrected chi connectivity index (χ4v) is 1.62. The average molecular weight is 243 g/mol. The van der Waals surface area contributed by atoms with Crippen LogP contribution in [0, 0.1) is 0 Å². The molecule has 0 radical (unpaired) electrons. The average Bonchev–Trinajstić information content (AvgIpc) is 2.40. The van der Waals surface area contributed by atoms with Crippen LogP contribution in [0.15, 0.2) is 49.1 Å². The van der Waals surface area contributed by atoms with Gasteiger partial charge in [0.1, 0.15) is 12.4 Å². The molecule has 0 amide bonds. The summed E-state index contributed by atoms with van der Waals surface area (Å²) in [7, 11) is 0. The van der Waals surface area contributed by atoms with Gasteiger partial charge in [0.05, 0.1) is 18.1 Å². The van der Waals surface area contributed by atoms with E-state index in [1.165, 1.54) is 6.33 Å². The maximum atomic E-state index is 11.2. The number of nitrogens with zero attached hydrogens (tertiary/aromatic N) is 2. The highest BCUT2D eigenvalue weighted by Crippen LogP contribution is 2.09. The molecule has 0 bridgehead atoms. The molecule has 0 saturated carbocycles. The molecular formula is C13H13N3O2. The normalized spacial score (nSPS) is 11.8. The minimum atomic E-state index is -0.900. The second-order valence-corrected chi connectivity index (χ2v) is 3.85. The molecule has 2 rings (SSSR count). The standard InChI is InChI=1S/C13H13N3O2/c17-13(18)12(6-10-4-2-1-3-5-10)16-11-7-14-9-15-8-11/h1-5,7-9,12,16H,6H2,(H,17,18). The van der Waals surface area contributed by atoms with Gasteiger partial charge in [0, 0.05) is 6.42 Å². The first-order chi connectivity index (χ1) is 8.75. The van der Waals surface area contributed by atoms with Gasteiger partial charge in [-0.25, -0.2) is 14.8 Å². The summed E-state index contributed by atoms with van der Waals surface area (Å²) in [5.41, 5.74) is 1.56. The molecule has 0 aliphatic rings. The zero-order chi connectivity index (χ0) is 12.8. The summed E-state index contributed by atoms with van der Waals surface area (Å²) in [6, 6.07) is 8.79. The molecule has 5 nitrogen and oxygen atoms in total. The largest absolute Gasteiger partial charge is 0.480 e. The van der Waals surface area contributed by atoms with Gasteiger partial charge in [0.25, 0.3) is 0 Å². The molecule has 1 atom stereocenters. The molecule has 18 heavy (non-hydrogen) atoms. The van der Waals surface area contributed by atoms with Crippen LogP contribution in [-0.4, -0.2) is 27.1 Å². The van der Waals surface area contributed by atoms with Crippen LogP contribution in [0.2, 0.25) is 0 Å². The Morgan fingerprint density at radius 3 is 2.50 bits per heavy atom. The lowest BCUT2D eigenvalue weighted by Gasteiger charge is -2.15. The maximum absolute atomic E-state index is 11.2. The summed E-state index contributed by atoms with van der Waals surface area (Å²) in [5.74, 6) is -0.900. The van der Waals surface area contributed by atoms with Gasteiger partial charge in [0.15, 0.2) is 0 Å². The Labute approximate surface area is 105 Å². The van der Waals surface area contributed by atoms with Crippen molar-refractivity contribution in [1.29, 1.82) is 0 Å². The topological polar surface area (TPSA) is 75.1 Å². The van der Waals surface area contributed by atoms with Crippen molar-refractivity contribution in [3.8, 4) is 0 Å². The molecule has 0 spiro atoms. The molecule has 1 heterocycles. The number of aliphatic carboxylic acids is 1. The third-order valence-corrected chi connectivity index (χ3v) is 2.48. The number of hydrogen-bond acceptors (Lipinski definition) is 4. The first-order valence-corrected chi connectivity index (χ1v) is 5.54. The number of carboxylic acid groups (broad SMARTS) is 1. The minimum absolute atomic E-state index is 0.408. The molecule has 1 unspecified atom stereocenters. The molecule has 0 fully saturated rings. The molecule has 2 N–H and O–H groups in total. The highest BCUT2D eigenvalue weighted by molar-refractivity contribution is 5.77. The summed E-state index contributed by atoms with van der Waals surface area (Å²) in [6.45, 7) is 0. The summed E-state index contributed by atoms with van der Waals surface area (Å²) in [6.07, 6.45) is 4.91. The van der Waals surface area contributed by atoms with Crippen molar-refractivity contribution in [2.45, 2.75) is 12.5 Å². The molecule has 0 aliphatic carbocycles. The molecule has 1 aromatic heterocycles. The summed E-state index contributed by atoms with van der Waals surface area (Å²) in [4.78, 5) is 18.9. The van der Waals surface area contributed by atoms with E-state index in [0.29, 0.717) is 12.1 Å². The lowest BCUT2D eigenvalue weighted by Crippen LogP contribution is -2.31. The highest BCUT2D eigenvalue weighted by Gasteiger charge is 2.17. The van der Waals surface area contributed by atoms with Crippen molar-refractivity contribution in [2.24, 2.45) is 0 Å². The number of carboxylic acids is 1. The van der Waals surface area contributed by atoms with E-state index in [-0.39, 0.29) is 0 Å². The number of rotatable bonds is 5. The number of hydrogen-bond donors (Lipinski definition) is 2. The monoisotopic (exact) mass is 243 g/mol. The van der Waals surface area contributed by atoms with E-state index in [9.17, 15) is 9.90 Å². The van der Waals surface area contributed by atoms with E-state index < -0.39 is 12.0 Å². The Bertz CT molecular complexity index is 461. The van der Waals surface area contributed by atoms with Gasteiger partial charge in [0.2, 0.25) is 0 Å². The molecule has 2 aromatic rings. The van der Waals surface area contributed by atoms with Crippen LogP contribution in [-0.2, 0) is 11.2 Å². The van der Waals surface area contributed by atoms with Crippen LogP contribution >= 0.6 is 0 Å². The van der Waals surface area contributed by atoms with Crippen molar-refractivity contribution in [3.63, 3.8) is 0 Å². The number of benzene rings is 1. The fourth-order valence-electron chi connectivity index (χ4n) is 1.62. The Morgan fingerprint density at radius 2 is 1.89 bits per heavy atom. The smallest absolute Gasteiger partial charge is 0.326 e. The first kappa shape index (κ1) is 12.0. The number of anilines is 1. The molecule has 0 saturated heterocycles. The van der Waals surface area contributed by atoms with E-state index in [2.05, 4.69) is 15.3 Å². The van der Waals surface area contributed by atoms with Gasteiger partial charge in [-0.3, -0.25) is 0 Å². The lowest BCUT2D eigenvalue weighted by atomic mass is 10.1. The van der Waals surface area contributed by atoms with E-state index in [1.807, 2.05) is 30.3 Å². The van der Waals surface area contributed by atoms with Gasteiger partial charge in [-0.05, 0) is 5.56 Å². The van der Waals surface area contributed by atoms with Crippen LogP contribution in [0.5, 0.6) is 0 Å². The Morgan fingerprint density at radius 1 is 1.22 bits per heavy atom. The predicted molar refractivity (Wildman–Crippen MR) is 67.2 cm³/mol. The zero-order valence-electron chi connectivity index (χ0n) is 9.65. The Kier molecular flexibility index (Phi) is 3.86. The summed E-state index contributed by atoms with van der Waals surface area (Å²) in [5, 5.41) is 12.1. The highest BCUT2D eigenvalue weighted by atomic mass is 16.4. The quantitative estimate of drug-likeness (QED) is 0.834. The molecule has 0 aliphatic heterocycles. The van der Waals surface area contributed by atoms with Crippen molar-refractivity contribution in [3.05, 3.63) is 54.6 Å². The molecule has 1 aromatic carbocycles. The van der Waals surface area contributed by atoms with E-state index in [0.717, 1.165) is 5.56 Å². The minimum Gasteiger partial charge on any atom is -0.480 e. The van der Waals surface area contributed by atoms with Crippen LogP contribution in [0.1, 0.15) is 5.56 Å². The summed E-state index contributed by atoms with van der Waals surface area (Å²) < 4.78 is 0. The fraction of sp³-hybridized carbons (Fsp3) is 0.154.